The minimum Gasteiger partial charge on any atom is -0.496 e. The largest absolute Gasteiger partial charge is 0.496 e. The van der Waals surface area contributed by atoms with Crippen LogP contribution in [0.4, 0.5) is 5.95 Å². The first kappa shape index (κ1) is 20.8. The first-order valence-corrected chi connectivity index (χ1v) is 11.0. The summed E-state index contributed by atoms with van der Waals surface area (Å²) in [6.45, 7) is 6.41. The lowest BCUT2D eigenvalue weighted by atomic mass is 9.99. The van der Waals surface area contributed by atoms with Gasteiger partial charge in [0.1, 0.15) is 17.0 Å². The molecule has 3 aromatic heterocycles. The number of imidazole rings is 1. The van der Waals surface area contributed by atoms with Gasteiger partial charge in [0.15, 0.2) is 0 Å². The van der Waals surface area contributed by atoms with Gasteiger partial charge < -0.3 is 23.5 Å². The number of pyridine rings is 1. The third kappa shape index (κ3) is 3.39. The van der Waals surface area contributed by atoms with E-state index in [1.165, 1.54) is 0 Å². The third-order valence-corrected chi connectivity index (χ3v) is 6.36. The van der Waals surface area contributed by atoms with Crippen molar-refractivity contribution in [2.45, 2.75) is 33.2 Å². The zero-order valence-corrected chi connectivity index (χ0v) is 19.3. The number of aromatic nitrogens is 4. The Bertz CT molecular complexity index is 1260. The summed E-state index contributed by atoms with van der Waals surface area (Å²) in [4.78, 5) is 11.7. The molecule has 0 N–H and O–H groups in total. The smallest absolute Gasteiger partial charge is 0.206 e. The fourth-order valence-electron chi connectivity index (χ4n) is 4.76. The van der Waals surface area contributed by atoms with E-state index in [4.69, 9.17) is 24.0 Å². The van der Waals surface area contributed by atoms with Crippen molar-refractivity contribution >= 4 is 27.9 Å². The number of benzene rings is 1. The van der Waals surface area contributed by atoms with Gasteiger partial charge in [-0.25, -0.2) is 4.98 Å². The molecule has 0 bridgehead atoms. The summed E-state index contributed by atoms with van der Waals surface area (Å²) in [6, 6.07) is 4.15. The number of rotatable bonds is 5. The van der Waals surface area contributed by atoms with Crippen molar-refractivity contribution in [1.82, 2.24) is 19.7 Å². The Morgan fingerprint density at radius 3 is 2.59 bits per heavy atom. The molecule has 4 heterocycles. The van der Waals surface area contributed by atoms with Gasteiger partial charge in [0.05, 0.1) is 35.6 Å². The van der Waals surface area contributed by atoms with Crippen LogP contribution in [0.5, 0.6) is 5.75 Å². The Kier molecular flexibility index (Phi) is 5.25. The van der Waals surface area contributed by atoms with E-state index in [0.717, 1.165) is 88.8 Å². The summed E-state index contributed by atoms with van der Waals surface area (Å²) < 4.78 is 19.2. The maximum atomic E-state index is 5.83. The highest BCUT2D eigenvalue weighted by Crippen LogP contribution is 2.39. The second kappa shape index (κ2) is 8.09. The van der Waals surface area contributed by atoms with E-state index in [1.807, 2.05) is 34.1 Å². The maximum absolute atomic E-state index is 5.83. The van der Waals surface area contributed by atoms with Crippen molar-refractivity contribution in [2.75, 3.05) is 39.3 Å². The molecule has 0 spiro atoms. The van der Waals surface area contributed by atoms with Crippen molar-refractivity contribution in [3.63, 3.8) is 0 Å². The zero-order chi connectivity index (χ0) is 22.4. The molecule has 5 rings (SSSR count). The molecule has 0 atom stereocenters. The highest BCUT2D eigenvalue weighted by atomic mass is 16.5. The molecule has 8 nitrogen and oxygen atoms in total. The molecule has 1 aliphatic rings. The highest BCUT2D eigenvalue weighted by Gasteiger charge is 2.23. The van der Waals surface area contributed by atoms with Crippen molar-refractivity contribution in [1.29, 1.82) is 0 Å². The summed E-state index contributed by atoms with van der Waals surface area (Å²) in [5.41, 5.74) is 5.60. The first-order chi connectivity index (χ1) is 15.5. The van der Waals surface area contributed by atoms with Gasteiger partial charge in [0, 0.05) is 44.8 Å². The average molecular weight is 436 g/mol. The number of fused-ring (bicyclic) bond motifs is 3. The minimum absolute atomic E-state index is 0.562. The molecule has 0 saturated carbocycles. The molecule has 0 unspecified atom stereocenters. The molecular weight excluding hydrogens is 406 g/mol. The molecule has 32 heavy (non-hydrogen) atoms. The van der Waals surface area contributed by atoms with E-state index in [-0.39, 0.29) is 0 Å². The summed E-state index contributed by atoms with van der Waals surface area (Å²) in [7, 11) is 5.77. The molecule has 0 aliphatic carbocycles. The molecule has 8 heteroatoms. The second-order valence-corrected chi connectivity index (χ2v) is 8.73. The average Bonchev–Trinajstić information content (AvgIpc) is 3.33. The number of nitrogens with zero attached hydrogens (tertiary/aromatic N) is 5. The number of ether oxygens (including phenoxy) is 2. The van der Waals surface area contributed by atoms with Crippen LogP contribution in [0.2, 0.25) is 0 Å². The van der Waals surface area contributed by atoms with Gasteiger partial charge in [-0.05, 0) is 44.7 Å². The van der Waals surface area contributed by atoms with E-state index in [9.17, 15) is 0 Å². The Morgan fingerprint density at radius 2 is 1.94 bits per heavy atom. The van der Waals surface area contributed by atoms with Crippen LogP contribution in [0.25, 0.3) is 33.1 Å². The Morgan fingerprint density at radius 1 is 1.16 bits per heavy atom. The molecule has 1 saturated heterocycles. The van der Waals surface area contributed by atoms with Crippen molar-refractivity contribution in [3.05, 3.63) is 29.8 Å². The number of hydrogen-bond acceptors (Lipinski definition) is 7. The van der Waals surface area contributed by atoms with Crippen LogP contribution in [0.3, 0.4) is 0 Å². The van der Waals surface area contributed by atoms with Crippen LogP contribution in [0.15, 0.2) is 22.9 Å². The van der Waals surface area contributed by atoms with Crippen molar-refractivity contribution in [2.24, 2.45) is 5.92 Å². The van der Waals surface area contributed by atoms with Crippen molar-refractivity contribution < 1.29 is 14.0 Å². The van der Waals surface area contributed by atoms with Gasteiger partial charge in [0.2, 0.25) is 5.95 Å². The van der Waals surface area contributed by atoms with Crippen molar-refractivity contribution in [3.8, 4) is 16.9 Å². The lowest BCUT2D eigenvalue weighted by molar-refractivity contribution is 0.0617. The maximum Gasteiger partial charge on any atom is 0.206 e. The standard InChI is InChI=1S/C24H29N5O3/c1-14-22(15(2)32-27-14)18-10-19-17(11-21(18)30-5)23-20(12-25-19)26-24(28(3)4)29(23)13-16-6-8-31-9-7-16/h10-12,16H,6-9,13H2,1-5H3. The molecule has 168 valence electrons. The normalized spacial score (nSPS) is 15.0. The first-order valence-electron chi connectivity index (χ1n) is 11.0. The molecular formula is C24H29N5O3. The van der Waals surface area contributed by atoms with Gasteiger partial charge in [0.25, 0.3) is 0 Å². The summed E-state index contributed by atoms with van der Waals surface area (Å²) in [6.07, 6.45) is 4.00. The Hall–Kier alpha value is -3.13. The molecule has 0 amide bonds. The monoisotopic (exact) mass is 435 g/mol. The van der Waals surface area contributed by atoms with Crippen LogP contribution < -0.4 is 9.64 Å². The fourth-order valence-corrected chi connectivity index (χ4v) is 4.76. The van der Waals surface area contributed by atoms with Crippen LogP contribution in [0, 0.1) is 19.8 Å². The van der Waals surface area contributed by atoms with Gasteiger partial charge >= 0.3 is 0 Å². The number of hydrogen-bond donors (Lipinski definition) is 0. The quantitative estimate of drug-likeness (QED) is 0.461. The topological polar surface area (TPSA) is 78.4 Å². The highest BCUT2D eigenvalue weighted by molar-refractivity contribution is 6.05. The van der Waals surface area contributed by atoms with E-state index in [0.29, 0.717) is 5.92 Å². The number of methoxy groups -OCH3 is 1. The number of anilines is 1. The minimum atomic E-state index is 0.562. The van der Waals surface area contributed by atoms with Gasteiger partial charge in [-0.2, -0.15) is 0 Å². The summed E-state index contributed by atoms with van der Waals surface area (Å²) >= 11 is 0. The van der Waals surface area contributed by atoms with Crippen LogP contribution >= 0.6 is 0 Å². The molecule has 1 aromatic carbocycles. The lowest BCUT2D eigenvalue weighted by Crippen LogP contribution is -2.23. The second-order valence-electron chi connectivity index (χ2n) is 8.73. The van der Waals surface area contributed by atoms with E-state index in [2.05, 4.69) is 26.8 Å². The van der Waals surface area contributed by atoms with Gasteiger partial charge in [-0.15, -0.1) is 0 Å². The zero-order valence-electron chi connectivity index (χ0n) is 19.3. The predicted octanol–water partition coefficient (Wildman–Crippen LogP) is 4.36. The third-order valence-electron chi connectivity index (χ3n) is 6.36. The van der Waals surface area contributed by atoms with Gasteiger partial charge in [-0.1, -0.05) is 5.16 Å². The van der Waals surface area contributed by atoms with E-state index >= 15 is 0 Å². The van der Waals surface area contributed by atoms with Crippen LogP contribution in [-0.4, -0.2) is 54.1 Å². The molecule has 1 aliphatic heterocycles. The fraction of sp³-hybridized carbons (Fsp3) is 0.458. The molecule has 0 radical (unpaired) electrons. The summed E-state index contributed by atoms with van der Waals surface area (Å²) in [5, 5.41) is 5.15. The Labute approximate surface area is 187 Å². The lowest BCUT2D eigenvalue weighted by Gasteiger charge is -2.25. The summed E-state index contributed by atoms with van der Waals surface area (Å²) in [5.74, 6) is 3.04. The van der Waals surface area contributed by atoms with E-state index < -0.39 is 0 Å². The van der Waals surface area contributed by atoms with E-state index in [1.54, 1.807) is 7.11 Å². The molecule has 4 aromatic rings. The van der Waals surface area contributed by atoms with Gasteiger partial charge in [-0.3, -0.25) is 4.98 Å². The number of aryl methyl sites for hydroxylation is 2. The molecule has 1 fully saturated rings. The SMILES string of the molecule is COc1cc2c(cc1-c1c(C)noc1C)ncc1nc(N(C)C)n(CC3CCOCC3)c12. The Balaban J connectivity index is 1.74. The van der Waals surface area contributed by atoms with Crippen LogP contribution in [-0.2, 0) is 11.3 Å². The van der Waals surface area contributed by atoms with Crippen LogP contribution in [0.1, 0.15) is 24.3 Å². The predicted molar refractivity (Wildman–Crippen MR) is 124 cm³/mol.